The molecule has 410 valence electrons. The lowest BCUT2D eigenvalue weighted by Gasteiger charge is -2.62. The Balaban J connectivity index is 0.00000326. The van der Waals surface area contributed by atoms with E-state index in [-0.39, 0.29) is 14.9 Å². The lowest BCUT2D eigenvalue weighted by molar-refractivity contribution is -0.0258. The minimum absolute atomic E-state index is 0. The third kappa shape index (κ3) is 9.40. The first-order chi connectivity index (χ1) is 38.4. The molecule has 6 aliphatic rings. The van der Waals surface area contributed by atoms with Gasteiger partial charge in [-0.3, -0.25) is 0 Å². The molecule has 6 aliphatic heterocycles. The van der Waals surface area contributed by atoms with Crippen LogP contribution in [0.3, 0.4) is 0 Å². The molecule has 24 heteroatoms. The first-order valence-electron chi connectivity index (χ1n) is 25.7. The monoisotopic (exact) mass is 1230 g/mol. The fourth-order valence-electron chi connectivity index (χ4n) is 10.6. The van der Waals surface area contributed by atoms with Gasteiger partial charge in [0.15, 0.2) is 0 Å². The maximum Gasteiger partial charge on any atom is 0.647 e. The van der Waals surface area contributed by atoms with E-state index >= 15 is 0 Å². The summed E-state index contributed by atoms with van der Waals surface area (Å²) in [6.07, 6.45) is 0. The van der Waals surface area contributed by atoms with Gasteiger partial charge in [0.25, 0.3) is 0 Å². The summed E-state index contributed by atoms with van der Waals surface area (Å²) < 4.78 is 107. The molecule has 0 aromatic heterocycles. The maximum absolute atomic E-state index is 8.27. The van der Waals surface area contributed by atoms with Crippen molar-refractivity contribution < 1.29 is 53.5 Å². The van der Waals surface area contributed by atoms with Crippen LogP contribution in [0.15, 0.2) is 261 Å². The van der Waals surface area contributed by atoms with Crippen LogP contribution < -0.4 is 58.1 Å². The fraction of sp³-hybridized carbons (Fsp3) is 0.0526. The van der Waals surface area contributed by atoms with Crippen molar-refractivity contribution in [3.05, 3.63) is 261 Å². The summed E-state index contributed by atoms with van der Waals surface area (Å²) in [7, 11) is -44.0. The molecule has 9 aromatic rings. The summed E-state index contributed by atoms with van der Waals surface area (Å²) in [4.78, 5) is 0. The van der Waals surface area contributed by atoms with E-state index in [2.05, 4.69) is 0 Å². The van der Waals surface area contributed by atoms with Crippen LogP contribution in [0.2, 0.25) is 6.55 Å². The molecule has 81 heavy (non-hydrogen) atoms. The number of hydrogen-bond donors (Lipinski definition) is 2. The first-order valence-corrected chi connectivity index (χ1v) is 41.8. The van der Waals surface area contributed by atoms with Gasteiger partial charge in [0, 0.05) is 47.7 Å². The average Bonchev–Trinajstić information content (AvgIpc) is 3.65. The van der Waals surface area contributed by atoms with Gasteiger partial charge in [0.2, 0.25) is 8.32 Å². The highest BCUT2D eigenvalue weighted by molar-refractivity contribution is 7.14. The molecule has 0 atom stereocenters. The minimum Gasteiger partial charge on any atom is -0.399 e. The van der Waals surface area contributed by atoms with Crippen LogP contribution in [0.25, 0.3) is 0 Å². The summed E-state index contributed by atoms with van der Waals surface area (Å²) in [5, 5.41) is 4.95. The van der Waals surface area contributed by atoms with Crippen LogP contribution in [-0.4, -0.2) is 79.0 Å². The Hall–Kier alpha value is -5.99. The van der Waals surface area contributed by atoms with E-state index in [9.17, 15) is 0 Å². The van der Waals surface area contributed by atoms with E-state index in [1.54, 1.807) is 0 Å². The van der Waals surface area contributed by atoms with Gasteiger partial charge in [0.1, 0.15) is 0 Å². The quantitative estimate of drug-likeness (QED) is 0.137. The molecule has 0 aliphatic carbocycles. The zero-order valence-corrected chi connectivity index (χ0v) is 51.3. The highest BCUT2D eigenvalue weighted by Crippen LogP contribution is 2.49. The Morgan fingerprint density at radius 1 is 0.272 bits per heavy atom. The molecule has 8 bridgehead atoms. The number of anilines is 2. The summed E-state index contributed by atoms with van der Waals surface area (Å²) in [6, 6.07) is 81.6. The standard InChI is InChI=1S/C55H50N2O13Si9.2CH4/c1-71(54-41-23-25-45(56)43-54,55-42-24-26-46(57)44-55)58-79-68-76(51-35-17-6-18-36-51)62-73(48-29-11-3-12-30-48)59-72(47-27-9-2-10-28-47)60-74(64-76,49-31-13-4-14-32-49)66-78(70-79,53-39-21-8-22-40-53)67-75(61-72,50-33-15-5-16-34-50)65-77(63-73,69-79)52-37-19-7-20-38-52;;/h2-44H,56-57H2,1H3;2*1H4. The van der Waals surface area contributed by atoms with Crippen molar-refractivity contribution in [2.75, 3.05) is 11.5 Å². The SMILES string of the molecule is C.C.C[Si](O[Si]12O[Si]3(c4ccccc4)O[Si]4(c5ccccc5)O[Si](c5ccccc5)(O1)O[Si]1(c5ccccc5)O[Si](c5ccccc5)(O2)O[Si](c2ccccc2)(O3)O[Si](c2ccccc2)(O4)O1)(c1cccc(N)c1)c1cccc(N)c1. The van der Waals surface area contributed by atoms with E-state index in [0.717, 1.165) is 10.4 Å². The van der Waals surface area contributed by atoms with Crippen LogP contribution in [0.1, 0.15) is 14.9 Å². The van der Waals surface area contributed by atoms with Crippen molar-refractivity contribution >= 4 is 137 Å². The van der Waals surface area contributed by atoms with Gasteiger partial charge in [-0.05, 0) is 41.2 Å². The molecule has 0 radical (unpaired) electrons. The van der Waals surface area contributed by atoms with Crippen LogP contribution in [0.4, 0.5) is 11.4 Å². The highest BCUT2D eigenvalue weighted by atomic mass is 28.6. The summed E-state index contributed by atoms with van der Waals surface area (Å²) in [5.74, 6) is 0. The molecule has 0 amide bonds. The Kier molecular flexibility index (Phi) is 14.4. The number of nitrogens with two attached hydrogens (primary N) is 2. The second kappa shape index (κ2) is 21.0. The van der Waals surface area contributed by atoms with E-state index in [1.165, 1.54) is 0 Å². The van der Waals surface area contributed by atoms with Crippen molar-refractivity contribution in [1.29, 1.82) is 0 Å². The Morgan fingerprint density at radius 3 is 0.667 bits per heavy atom. The predicted molar refractivity (Wildman–Crippen MR) is 329 cm³/mol. The van der Waals surface area contributed by atoms with Crippen molar-refractivity contribution in [2.45, 2.75) is 21.4 Å². The molecular formula is C57H58N2O13Si9. The molecule has 0 spiro atoms. The smallest absolute Gasteiger partial charge is 0.399 e. The second-order valence-electron chi connectivity index (χ2n) is 19.6. The third-order valence-electron chi connectivity index (χ3n) is 14.3. The predicted octanol–water partition coefficient (Wildman–Crippen LogP) is 4.45. The van der Waals surface area contributed by atoms with Crippen molar-refractivity contribution in [3.8, 4) is 0 Å². The van der Waals surface area contributed by atoms with Gasteiger partial charge in [-0.15, -0.1) is 0 Å². The molecule has 0 saturated carbocycles. The van der Waals surface area contributed by atoms with E-state index in [0.29, 0.717) is 47.7 Å². The van der Waals surface area contributed by atoms with Crippen LogP contribution in [0.5, 0.6) is 0 Å². The molecule has 15 rings (SSSR count). The van der Waals surface area contributed by atoms with Gasteiger partial charge in [-0.25, -0.2) is 0 Å². The van der Waals surface area contributed by atoms with Crippen molar-refractivity contribution in [3.63, 3.8) is 0 Å². The average molecular weight is 1230 g/mol. The second-order valence-corrected chi connectivity index (χ2v) is 46.2. The Labute approximate surface area is 481 Å². The van der Waals surface area contributed by atoms with Gasteiger partial charge in [-0.2, -0.15) is 0 Å². The molecule has 0 unspecified atom stereocenters. The molecule has 9 aromatic carbocycles. The Bertz CT molecular complexity index is 3350. The maximum atomic E-state index is 8.27. The molecular weight excluding hydrogens is 1170 g/mol. The zero-order chi connectivity index (χ0) is 53.4. The van der Waals surface area contributed by atoms with Crippen LogP contribution in [0, 0.1) is 0 Å². The van der Waals surface area contributed by atoms with Crippen LogP contribution >= 0.6 is 0 Å². The lowest BCUT2D eigenvalue weighted by atomic mass is 10.3. The van der Waals surface area contributed by atoms with E-state index in [4.69, 9.17) is 65.0 Å². The number of rotatable bonds is 11. The van der Waals surface area contributed by atoms with Crippen molar-refractivity contribution in [2.24, 2.45) is 0 Å². The normalized spacial score (nSPS) is 30.0. The topological polar surface area (TPSA) is 172 Å². The minimum atomic E-state index is -5.41. The summed E-state index contributed by atoms with van der Waals surface area (Å²) in [6.45, 7) is 2.03. The van der Waals surface area contributed by atoms with E-state index < -0.39 is 79.0 Å². The number of nitrogen functional groups attached to an aromatic ring is 2. The summed E-state index contributed by atoms with van der Waals surface area (Å²) in [5.41, 5.74) is 14.4. The van der Waals surface area contributed by atoms with E-state index in [1.807, 2.05) is 267 Å². The zero-order valence-electron chi connectivity index (χ0n) is 42.3. The fourth-order valence-corrected chi connectivity index (χ4v) is 61.0. The summed E-state index contributed by atoms with van der Waals surface area (Å²) >= 11 is 0. The van der Waals surface area contributed by atoms with Gasteiger partial charge < -0.3 is 65.0 Å². The Morgan fingerprint density at radius 2 is 0.469 bits per heavy atom. The number of hydrogen-bond acceptors (Lipinski definition) is 15. The number of benzene rings is 9. The van der Waals surface area contributed by atoms with Gasteiger partial charge >= 0.3 is 70.7 Å². The molecule has 15 nitrogen and oxygen atoms in total. The first kappa shape index (κ1) is 55.5. The third-order valence-corrected chi connectivity index (χ3v) is 52.6. The molecule has 6 fully saturated rings. The van der Waals surface area contributed by atoms with Gasteiger partial charge in [0.05, 0.1) is 0 Å². The van der Waals surface area contributed by atoms with Gasteiger partial charge in [-0.1, -0.05) is 251 Å². The highest BCUT2D eigenvalue weighted by Gasteiger charge is 2.87. The van der Waals surface area contributed by atoms with Crippen LogP contribution in [-0.2, 0) is 53.5 Å². The molecule has 6 saturated heterocycles. The van der Waals surface area contributed by atoms with Crippen molar-refractivity contribution in [1.82, 2.24) is 0 Å². The molecule has 6 heterocycles. The largest absolute Gasteiger partial charge is 0.647 e. The molecule has 4 N–H and O–H groups in total. The lowest BCUT2D eigenvalue weighted by Crippen LogP contribution is -2.96.